The number of carbonyl (C=O) groups is 2. The third kappa shape index (κ3) is 6.97. The number of aryl methyl sites for hydroxylation is 2. The number of ether oxygens (including phenoxy) is 3. The zero-order valence-corrected chi connectivity index (χ0v) is 24.3. The van der Waals surface area contributed by atoms with Crippen LogP contribution in [0.25, 0.3) is 6.08 Å². The van der Waals surface area contributed by atoms with Crippen molar-refractivity contribution in [1.29, 1.82) is 0 Å². The average Bonchev–Trinajstić information content (AvgIpc) is 3.16. The predicted molar refractivity (Wildman–Crippen MR) is 157 cm³/mol. The average molecular weight is 566 g/mol. The van der Waals surface area contributed by atoms with Gasteiger partial charge in [0.2, 0.25) is 0 Å². The van der Waals surface area contributed by atoms with Gasteiger partial charge in [0.15, 0.2) is 11.5 Å². The minimum atomic E-state index is -0.364. The molecule has 39 heavy (non-hydrogen) atoms. The molecule has 0 aliphatic carbocycles. The highest BCUT2D eigenvalue weighted by atomic mass is 35.5. The van der Waals surface area contributed by atoms with Crippen molar-refractivity contribution in [2.75, 3.05) is 20.3 Å². The summed E-state index contributed by atoms with van der Waals surface area (Å²) in [5, 5.41) is 0.0127. The monoisotopic (exact) mass is 565 g/mol. The van der Waals surface area contributed by atoms with Crippen LogP contribution in [-0.2, 0) is 11.4 Å². The molecule has 3 aromatic carbocycles. The van der Waals surface area contributed by atoms with Gasteiger partial charge in [-0.05, 0) is 78.1 Å². The molecule has 204 valence electrons. The van der Waals surface area contributed by atoms with E-state index in [1.165, 1.54) is 17.6 Å². The molecule has 2 amide bonds. The third-order valence-electron chi connectivity index (χ3n) is 6.29. The van der Waals surface area contributed by atoms with E-state index in [1.807, 2.05) is 50.2 Å². The van der Waals surface area contributed by atoms with Gasteiger partial charge < -0.3 is 14.2 Å². The Kier molecular flexibility index (Phi) is 9.25. The van der Waals surface area contributed by atoms with Crippen LogP contribution in [0.15, 0.2) is 59.5 Å². The molecule has 1 fully saturated rings. The number of thioether (sulfide) groups is 1. The van der Waals surface area contributed by atoms with E-state index >= 15 is 0 Å². The third-order valence-corrected chi connectivity index (χ3v) is 7.48. The molecule has 0 atom stereocenters. The molecule has 0 spiro atoms. The summed E-state index contributed by atoms with van der Waals surface area (Å²) in [5.41, 5.74) is 4.98. The molecule has 6 nitrogen and oxygen atoms in total. The number of benzene rings is 3. The van der Waals surface area contributed by atoms with E-state index in [0.717, 1.165) is 34.2 Å². The first kappa shape index (κ1) is 28.6. The van der Waals surface area contributed by atoms with Gasteiger partial charge in [0.1, 0.15) is 19.0 Å². The minimum Gasteiger partial charge on any atom is -0.493 e. The molecule has 1 heterocycles. The Morgan fingerprint density at radius 3 is 2.36 bits per heavy atom. The first-order valence-electron chi connectivity index (χ1n) is 12.7. The summed E-state index contributed by atoms with van der Waals surface area (Å²) in [5.74, 6) is 1.56. The second kappa shape index (κ2) is 12.6. The van der Waals surface area contributed by atoms with Crippen molar-refractivity contribution in [3.63, 3.8) is 0 Å². The predicted octanol–water partition coefficient (Wildman–Crippen LogP) is 7.78. The van der Waals surface area contributed by atoms with Gasteiger partial charge in [-0.2, -0.15) is 0 Å². The molecule has 0 radical (unpaired) electrons. The molecule has 0 saturated carbocycles. The smallest absolute Gasteiger partial charge is 0.293 e. The van der Waals surface area contributed by atoms with Gasteiger partial charge in [-0.1, -0.05) is 67.4 Å². The number of halogens is 1. The van der Waals surface area contributed by atoms with Gasteiger partial charge in [-0.25, -0.2) is 0 Å². The molecule has 8 heteroatoms. The summed E-state index contributed by atoms with van der Waals surface area (Å²) in [6.07, 6.45) is 1.64. The lowest BCUT2D eigenvalue weighted by Gasteiger charge is -2.17. The van der Waals surface area contributed by atoms with E-state index < -0.39 is 0 Å². The summed E-state index contributed by atoms with van der Waals surface area (Å²) in [4.78, 5) is 27.2. The van der Waals surface area contributed by atoms with Crippen molar-refractivity contribution < 1.29 is 23.8 Å². The van der Waals surface area contributed by atoms with E-state index in [0.29, 0.717) is 39.5 Å². The normalized spacial score (nSPS) is 14.4. The van der Waals surface area contributed by atoms with Crippen LogP contribution in [0, 0.1) is 13.8 Å². The van der Waals surface area contributed by atoms with Crippen LogP contribution >= 0.6 is 23.4 Å². The van der Waals surface area contributed by atoms with Crippen molar-refractivity contribution in [1.82, 2.24) is 4.90 Å². The zero-order valence-electron chi connectivity index (χ0n) is 22.7. The second-order valence-corrected chi connectivity index (χ2v) is 11.1. The summed E-state index contributed by atoms with van der Waals surface area (Å²) in [6, 6.07) is 17.5. The van der Waals surface area contributed by atoms with Crippen molar-refractivity contribution in [2.24, 2.45) is 0 Å². The Hall–Kier alpha value is -3.42. The van der Waals surface area contributed by atoms with Crippen molar-refractivity contribution >= 4 is 40.6 Å². The summed E-state index contributed by atoms with van der Waals surface area (Å²) in [6.45, 7) is 8.93. The fourth-order valence-electron chi connectivity index (χ4n) is 4.14. The van der Waals surface area contributed by atoms with Crippen LogP contribution in [0.2, 0.25) is 5.02 Å². The first-order chi connectivity index (χ1) is 18.7. The van der Waals surface area contributed by atoms with Gasteiger partial charge >= 0.3 is 0 Å². The van der Waals surface area contributed by atoms with E-state index in [1.54, 1.807) is 18.2 Å². The molecule has 0 bridgehead atoms. The second-order valence-electron chi connectivity index (χ2n) is 9.69. The minimum absolute atomic E-state index is 0.156. The molecule has 4 rings (SSSR count). The Morgan fingerprint density at radius 2 is 1.67 bits per heavy atom. The lowest BCUT2D eigenvalue weighted by molar-refractivity contribution is -0.123. The van der Waals surface area contributed by atoms with Crippen molar-refractivity contribution in [3.05, 3.63) is 92.3 Å². The van der Waals surface area contributed by atoms with Gasteiger partial charge in [0, 0.05) is 0 Å². The highest BCUT2D eigenvalue weighted by molar-refractivity contribution is 8.18. The van der Waals surface area contributed by atoms with E-state index in [9.17, 15) is 9.59 Å². The molecular weight excluding hydrogens is 534 g/mol. The molecule has 0 N–H and O–H groups in total. The van der Waals surface area contributed by atoms with E-state index in [4.69, 9.17) is 25.8 Å². The summed E-state index contributed by atoms with van der Waals surface area (Å²) >= 11 is 7.43. The number of hydrogen-bond donors (Lipinski definition) is 0. The number of amides is 2. The fourth-order valence-corrected chi connectivity index (χ4v) is 5.28. The van der Waals surface area contributed by atoms with Crippen LogP contribution in [0.4, 0.5) is 4.79 Å². The maximum absolute atomic E-state index is 13.1. The summed E-state index contributed by atoms with van der Waals surface area (Å²) < 4.78 is 17.5. The zero-order chi connectivity index (χ0) is 28.1. The highest BCUT2D eigenvalue weighted by Gasteiger charge is 2.35. The van der Waals surface area contributed by atoms with E-state index in [2.05, 4.69) is 19.9 Å². The van der Waals surface area contributed by atoms with Gasteiger partial charge in [-0.3, -0.25) is 14.5 Å². The first-order valence-corrected chi connectivity index (χ1v) is 13.9. The largest absolute Gasteiger partial charge is 0.493 e. The SMILES string of the molecule is COc1cc(/C=C2\SC(=O)N(CCOc3cc(C)ccc3C(C)C)C2=O)cc(Cl)c1OCc1ccc(C)cc1. The molecule has 1 saturated heterocycles. The number of hydrogen-bond acceptors (Lipinski definition) is 6. The molecule has 0 aromatic heterocycles. The lowest BCUT2D eigenvalue weighted by Crippen LogP contribution is -2.32. The van der Waals surface area contributed by atoms with Crippen LogP contribution < -0.4 is 14.2 Å². The Bertz CT molecular complexity index is 1400. The van der Waals surface area contributed by atoms with E-state index in [-0.39, 0.29) is 24.3 Å². The van der Waals surface area contributed by atoms with Crippen LogP contribution in [0.5, 0.6) is 17.2 Å². The standard InChI is InChI=1S/C31H32ClNO5S/c1-19(2)24-11-8-21(4)14-26(24)37-13-12-33-30(34)28(39-31(33)35)17-23-15-25(32)29(27(16-23)36-5)38-18-22-9-6-20(3)7-10-22/h6-11,14-17,19H,12-13,18H2,1-5H3/b28-17-. The van der Waals surface area contributed by atoms with Crippen molar-refractivity contribution in [3.8, 4) is 17.2 Å². The highest BCUT2D eigenvalue weighted by Crippen LogP contribution is 2.39. The Labute approximate surface area is 238 Å². The lowest BCUT2D eigenvalue weighted by atomic mass is 10.0. The number of rotatable bonds is 10. The maximum atomic E-state index is 13.1. The van der Waals surface area contributed by atoms with Crippen LogP contribution in [0.1, 0.15) is 47.6 Å². The number of nitrogens with zero attached hydrogens (tertiary/aromatic N) is 1. The van der Waals surface area contributed by atoms with Crippen molar-refractivity contribution in [2.45, 2.75) is 40.2 Å². The van der Waals surface area contributed by atoms with Gasteiger partial charge in [-0.15, -0.1) is 0 Å². The number of methoxy groups -OCH3 is 1. The van der Waals surface area contributed by atoms with Gasteiger partial charge in [0.05, 0.1) is 23.6 Å². The Balaban J connectivity index is 1.44. The quantitative estimate of drug-likeness (QED) is 0.234. The summed E-state index contributed by atoms with van der Waals surface area (Å²) in [7, 11) is 1.53. The molecule has 1 aliphatic heterocycles. The molecule has 0 unspecified atom stereocenters. The topological polar surface area (TPSA) is 65.1 Å². The molecular formula is C31H32ClNO5S. The van der Waals surface area contributed by atoms with Crippen LogP contribution in [-0.4, -0.2) is 36.3 Å². The maximum Gasteiger partial charge on any atom is 0.293 e. The molecule has 3 aromatic rings. The molecule has 1 aliphatic rings. The number of imide groups is 1. The van der Waals surface area contributed by atoms with Crippen LogP contribution in [0.3, 0.4) is 0 Å². The van der Waals surface area contributed by atoms with Gasteiger partial charge in [0.25, 0.3) is 11.1 Å². The number of carbonyl (C=O) groups excluding carboxylic acids is 2. The fraction of sp³-hybridized carbons (Fsp3) is 0.290. The Morgan fingerprint density at radius 1 is 0.949 bits per heavy atom.